The second kappa shape index (κ2) is 5.81. The van der Waals surface area contributed by atoms with Crippen molar-refractivity contribution in [3.8, 4) is 11.5 Å². The minimum absolute atomic E-state index is 0.0443. The van der Waals surface area contributed by atoms with E-state index in [-0.39, 0.29) is 42.2 Å². The van der Waals surface area contributed by atoms with Crippen LogP contribution in [0.25, 0.3) is 0 Å². The van der Waals surface area contributed by atoms with Crippen LogP contribution in [0.4, 0.5) is 0 Å². The minimum Gasteiger partial charge on any atom is -0.504 e. The van der Waals surface area contributed by atoms with E-state index in [4.69, 9.17) is 4.74 Å². The van der Waals surface area contributed by atoms with Crippen LogP contribution in [0.5, 0.6) is 11.5 Å². The highest BCUT2D eigenvalue weighted by molar-refractivity contribution is 5.97. The number of rotatable bonds is 5. The van der Waals surface area contributed by atoms with Gasteiger partial charge in [0.2, 0.25) is 0 Å². The number of ether oxygens (including phenoxy) is 1. The Balaban J connectivity index is 2.14. The predicted molar refractivity (Wildman–Crippen MR) is 70.5 cm³/mol. The summed E-state index contributed by atoms with van der Waals surface area (Å²) in [5.74, 6) is -1.45. The first-order valence-electron chi connectivity index (χ1n) is 6.51. The third kappa shape index (κ3) is 3.20. The van der Waals surface area contributed by atoms with Crippen LogP contribution in [0.3, 0.4) is 0 Å². The van der Waals surface area contributed by atoms with Crippen LogP contribution in [0, 0.1) is 0 Å². The Morgan fingerprint density at radius 2 is 2.00 bits per heavy atom. The number of hydrogen-bond acceptors (Lipinski definition) is 5. The zero-order chi connectivity index (χ0) is 14.7. The SMILES string of the molecule is CCOC(=O)CN(C(=O)c1ccc(O)c(O)c1)C1CC1. The lowest BCUT2D eigenvalue weighted by Gasteiger charge is -2.21. The van der Waals surface area contributed by atoms with E-state index in [9.17, 15) is 19.8 Å². The molecule has 2 N–H and O–H groups in total. The molecule has 1 aliphatic rings. The lowest BCUT2D eigenvalue weighted by atomic mass is 10.1. The second-order valence-electron chi connectivity index (χ2n) is 4.67. The highest BCUT2D eigenvalue weighted by Crippen LogP contribution is 2.30. The van der Waals surface area contributed by atoms with Gasteiger partial charge in [0.15, 0.2) is 11.5 Å². The Morgan fingerprint density at radius 1 is 1.30 bits per heavy atom. The maximum Gasteiger partial charge on any atom is 0.325 e. The van der Waals surface area contributed by atoms with Gasteiger partial charge in [-0.3, -0.25) is 9.59 Å². The molecule has 1 aliphatic carbocycles. The topological polar surface area (TPSA) is 87.1 Å². The monoisotopic (exact) mass is 279 g/mol. The molecule has 0 saturated heterocycles. The number of phenols is 2. The van der Waals surface area contributed by atoms with Gasteiger partial charge in [-0.25, -0.2) is 0 Å². The average molecular weight is 279 g/mol. The van der Waals surface area contributed by atoms with E-state index in [0.29, 0.717) is 0 Å². The number of amides is 1. The molecule has 0 unspecified atom stereocenters. The summed E-state index contributed by atoms with van der Waals surface area (Å²) in [6, 6.07) is 3.90. The molecule has 0 aromatic heterocycles. The van der Waals surface area contributed by atoms with Crippen molar-refractivity contribution in [2.24, 2.45) is 0 Å². The van der Waals surface area contributed by atoms with Crippen molar-refractivity contribution in [1.29, 1.82) is 0 Å². The van der Waals surface area contributed by atoms with Crippen LogP contribution < -0.4 is 0 Å². The molecule has 1 fully saturated rings. The number of benzene rings is 1. The quantitative estimate of drug-likeness (QED) is 0.626. The van der Waals surface area contributed by atoms with E-state index in [1.807, 2.05) is 0 Å². The number of carbonyl (C=O) groups is 2. The van der Waals surface area contributed by atoms with Gasteiger partial charge in [0, 0.05) is 11.6 Å². The second-order valence-corrected chi connectivity index (χ2v) is 4.67. The molecule has 1 aromatic carbocycles. The number of esters is 1. The predicted octanol–water partition coefficient (Wildman–Crippen LogP) is 1.27. The van der Waals surface area contributed by atoms with Crippen LogP contribution in [0.2, 0.25) is 0 Å². The Labute approximate surface area is 116 Å². The summed E-state index contributed by atoms with van der Waals surface area (Å²) < 4.78 is 4.86. The summed E-state index contributed by atoms with van der Waals surface area (Å²) in [6.45, 7) is 1.88. The molecule has 0 heterocycles. The lowest BCUT2D eigenvalue weighted by Crippen LogP contribution is -2.38. The summed E-state index contributed by atoms with van der Waals surface area (Å²) >= 11 is 0. The van der Waals surface area contributed by atoms with Crippen LogP contribution in [-0.4, -0.2) is 46.2 Å². The van der Waals surface area contributed by atoms with Gasteiger partial charge in [-0.05, 0) is 38.0 Å². The Kier molecular flexibility index (Phi) is 4.12. The first-order chi connectivity index (χ1) is 9.52. The van der Waals surface area contributed by atoms with Gasteiger partial charge >= 0.3 is 5.97 Å². The number of phenolic OH excluding ortho intramolecular Hbond substituents is 2. The Hall–Kier alpha value is -2.24. The molecule has 1 amide bonds. The molecule has 6 nitrogen and oxygen atoms in total. The summed E-state index contributed by atoms with van der Waals surface area (Å²) in [4.78, 5) is 25.3. The molecule has 1 aromatic rings. The minimum atomic E-state index is -0.448. The van der Waals surface area contributed by atoms with Gasteiger partial charge < -0.3 is 19.8 Å². The van der Waals surface area contributed by atoms with Gasteiger partial charge in [-0.1, -0.05) is 0 Å². The first-order valence-corrected chi connectivity index (χ1v) is 6.51. The van der Waals surface area contributed by atoms with Gasteiger partial charge in [-0.2, -0.15) is 0 Å². The molecular weight excluding hydrogens is 262 g/mol. The van der Waals surface area contributed by atoms with E-state index in [0.717, 1.165) is 12.8 Å². The highest BCUT2D eigenvalue weighted by Gasteiger charge is 2.34. The summed E-state index contributed by atoms with van der Waals surface area (Å²) in [6.07, 6.45) is 1.71. The standard InChI is InChI=1S/C14H17NO5/c1-2-20-13(18)8-15(10-4-5-10)14(19)9-3-6-11(16)12(17)7-9/h3,6-7,10,16-17H,2,4-5,8H2,1H3. The smallest absolute Gasteiger partial charge is 0.325 e. The zero-order valence-electron chi connectivity index (χ0n) is 11.2. The molecule has 2 rings (SSSR count). The average Bonchev–Trinajstić information content (AvgIpc) is 3.23. The van der Waals surface area contributed by atoms with Crippen molar-refractivity contribution < 1.29 is 24.5 Å². The fourth-order valence-electron chi connectivity index (χ4n) is 1.92. The van der Waals surface area contributed by atoms with Crippen LogP contribution in [-0.2, 0) is 9.53 Å². The molecular formula is C14H17NO5. The van der Waals surface area contributed by atoms with Crippen molar-refractivity contribution in [3.05, 3.63) is 23.8 Å². The molecule has 0 aliphatic heterocycles. The lowest BCUT2D eigenvalue weighted by molar-refractivity contribution is -0.144. The zero-order valence-corrected chi connectivity index (χ0v) is 11.2. The number of carbonyl (C=O) groups excluding carboxylic acids is 2. The molecule has 6 heteroatoms. The molecule has 1 saturated carbocycles. The highest BCUT2D eigenvalue weighted by atomic mass is 16.5. The van der Waals surface area contributed by atoms with Gasteiger partial charge in [0.1, 0.15) is 6.54 Å². The van der Waals surface area contributed by atoms with Crippen LogP contribution in [0.15, 0.2) is 18.2 Å². The first kappa shape index (κ1) is 14.2. The van der Waals surface area contributed by atoms with Crippen LogP contribution >= 0.6 is 0 Å². The number of nitrogens with zero attached hydrogens (tertiary/aromatic N) is 1. The normalized spacial score (nSPS) is 13.8. The number of aromatic hydroxyl groups is 2. The van der Waals surface area contributed by atoms with Crippen molar-refractivity contribution in [2.45, 2.75) is 25.8 Å². The Morgan fingerprint density at radius 3 is 2.55 bits per heavy atom. The molecule has 0 spiro atoms. The van der Waals surface area contributed by atoms with E-state index < -0.39 is 5.97 Å². The molecule has 0 radical (unpaired) electrons. The largest absolute Gasteiger partial charge is 0.504 e. The third-order valence-electron chi connectivity index (χ3n) is 3.08. The van der Waals surface area contributed by atoms with Gasteiger partial charge in [-0.15, -0.1) is 0 Å². The fraction of sp³-hybridized carbons (Fsp3) is 0.429. The fourth-order valence-corrected chi connectivity index (χ4v) is 1.92. The summed E-state index contributed by atoms with van der Waals surface area (Å²) in [5, 5.41) is 18.7. The molecule has 0 atom stereocenters. The molecule has 108 valence electrons. The van der Waals surface area contributed by atoms with Crippen LogP contribution in [0.1, 0.15) is 30.1 Å². The van der Waals surface area contributed by atoms with E-state index in [1.54, 1.807) is 6.92 Å². The molecule has 0 bridgehead atoms. The van der Waals surface area contributed by atoms with Crippen molar-refractivity contribution >= 4 is 11.9 Å². The maximum absolute atomic E-state index is 12.4. The summed E-state index contributed by atoms with van der Waals surface area (Å²) in [5.41, 5.74) is 0.233. The van der Waals surface area contributed by atoms with Crippen molar-refractivity contribution in [2.75, 3.05) is 13.2 Å². The van der Waals surface area contributed by atoms with Crippen molar-refractivity contribution in [1.82, 2.24) is 4.90 Å². The van der Waals surface area contributed by atoms with Gasteiger partial charge in [0.05, 0.1) is 6.61 Å². The van der Waals surface area contributed by atoms with E-state index in [1.165, 1.54) is 23.1 Å². The van der Waals surface area contributed by atoms with Gasteiger partial charge in [0.25, 0.3) is 5.91 Å². The Bertz CT molecular complexity index is 524. The van der Waals surface area contributed by atoms with E-state index >= 15 is 0 Å². The third-order valence-corrected chi connectivity index (χ3v) is 3.08. The maximum atomic E-state index is 12.4. The van der Waals surface area contributed by atoms with Crippen molar-refractivity contribution in [3.63, 3.8) is 0 Å². The molecule has 20 heavy (non-hydrogen) atoms. The van der Waals surface area contributed by atoms with E-state index in [2.05, 4.69) is 0 Å². The number of hydrogen-bond donors (Lipinski definition) is 2. The summed E-state index contributed by atoms with van der Waals surface area (Å²) in [7, 11) is 0.